The van der Waals surface area contributed by atoms with Crippen LogP contribution in [0.2, 0.25) is 0 Å². The molecule has 1 aromatic heterocycles. The first-order valence-electron chi connectivity index (χ1n) is 4.17. The number of rotatable bonds is 3. The Morgan fingerprint density at radius 3 is 2.54 bits per heavy atom. The van der Waals surface area contributed by atoms with Crippen LogP contribution in [0.5, 0.6) is 0 Å². The third-order valence-electron chi connectivity index (χ3n) is 2.16. The van der Waals surface area contributed by atoms with Crippen molar-refractivity contribution in [3.05, 3.63) is 23.8 Å². The van der Waals surface area contributed by atoms with Gasteiger partial charge in [-0.25, -0.2) is 0 Å². The second-order valence-electron chi connectivity index (χ2n) is 3.18. The molecular formula is C9H15N3O. The van der Waals surface area contributed by atoms with E-state index in [-0.39, 0.29) is 0 Å². The van der Waals surface area contributed by atoms with Gasteiger partial charge in [0.2, 0.25) is 0 Å². The molecule has 0 aliphatic carbocycles. The molecule has 0 bridgehead atoms. The lowest BCUT2D eigenvalue weighted by Gasteiger charge is -2.25. The first kappa shape index (κ1) is 10.1. The summed E-state index contributed by atoms with van der Waals surface area (Å²) in [5.74, 6) is 0. The van der Waals surface area contributed by atoms with Gasteiger partial charge >= 0.3 is 0 Å². The number of hydrogen-bond donors (Lipinski definition) is 1. The fourth-order valence-electron chi connectivity index (χ4n) is 0.958. The van der Waals surface area contributed by atoms with Crippen molar-refractivity contribution in [2.45, 2.75) is 19.4 Å². The van der Waals surface area contributed by atoms with E-state index in [4.69, 9.17) is 10.5 Å². The fourth-order valence-corrected chi connectivity index (χ4v) is 0.958. The van der Waals surface area contributed by atoms with Crippen molar-refractivity contribution in [2.24, 2.45) is 5.73 Å². The van der Waals surface area contributed by atoms with E-state index in [2.05, 4.69) is 9.97 Å². The molecule has 13 heavy (non-hydrogen) atoms. The maximum atomic E-state index is 5.59. The van der Waals surface area contributed by atoms with Crippen molar-refractivity contribution in [1.82, 2.24) is 9.97 Å². The van der Waals surface area contributed by atoms with Crippen LogP contribution >= 0.6 is 0 Å². The van der Waals surface area contributed by atoms with Crippen LogP contribution in [-0.4, -0.2) is 23.6 Å². The average molecular weight is 181 g/mol. The van der Waals surface area contributed by atoms with Crippen LogP contribution in [0.15, 0.2) is 12.4 Å². The smallest absolute Gasteiger partial charge is 0.120 e. The normalized spacial score (nSPS) is 15.4. The minimum absolute atomic E-state index is 0.390. The number of aryl methyl sites for hydroxylation is 1. The van der Waals surface area contributed by atoms with Crippen LogP contribution < -0.4 is 5.73 Å². The summed E-state index contributed by atoms with van der Waals surface area (Å²) < 4.78 is 5.29. The van der Waals surface area contributed by atoms with Gasteiger partial charge in [-0.3, -0.25) is 9.97 Å². The van der Waals surface area contributed by atoms with Crippen LogP contribution in [0.4, 0.5) is 0 Å². The summed E-state index contributed by atoms with van der Waals surface area (Å²) in [5, 5.41) is 0. The summed E-state index contributed by atoms with van der Waals surface area (Å²) in [6, 6.07) is 0. The molecule has 0 aromatic carbocycles. The number of nitrogens with two attached hydrogens (primary N) is 1. The molecule has 1 aromatic rings. The molecule has 4 nitrogen and oxygen atoms in total. The van der Waals surface area contributed by atoms with Crippen molar-refractivity contribution >= 4 is 0 Å². The van der Waals surface area contributed by atoms with Gasteiger partial charge in [0.1, 0.15) is 5.60 Å². The van der Waals surface area contributed by atoms with Crippen LogP contribution in [0.3, 0.4) is 0 Å². The molecule has 0 saturated heterocycles. The summed E-state index contributed by atoms with van der Waals surface area (Å²) in [4.78, 5) is 8.37. The van der Waals surface area contributed by atoms with Crippen LogP contribution in [0, 0.1) is 6.92 Å². The quantitative estimate of drug-likeness (QED) is 0.742. The van der Waals surface area contributed by atoms with E-state index in [9.17, 15) is 0 Å². The fraction of sp³-hybridized carbons (Fsp3) is 0.556. The molecular weight excluding hydrogens is 166 g/mol. The molecule has 0 fully saturated rings. The Balaban J connectivity index is 2.99. The molecule has 1 unspecified atom stereocenters. The lowest BCUT2D eigenvalue weighted by molar-refractivity contribution is 0.00606. The molecule has 4 heteroatoms. The number of methoxy groups -OCH3 is 1. The van der Waals surface area contributed by atoms with Crippen LogP contribution in [0.1, 0.15) is 18.3 Å². The molecule has 0 saturated carbocycles. The number of ether oxygens (including phenoxy) is 1. The first-order chi connectivity index (χ1) is 6.12. The van der Waals surface area contributed by atoms with Crippen LogP contribution in [-0.2, 0) is 10.3 Å². The molecule has 0 radical (unpaired) electrons. The van der Waals surface area contributed by atoms with Gasteiger partial charge in [-0.05, 0) is 13.8 Å². The Morgan fingerprint density at radius 2 is 2.15 bits per heavy atom. The summed E-state index contributed by atoms with van der Waals surface area (Å²) in [5.41, 5.74) is 6.72. The topological polar surface area (TPSA) is 61.0 Å². The number of aromatic nitrogens is 2. The highest BCUT2D eigenvalue weighted by atomic mass is 16.5. The van der Waals surface area contributed by atoms with Gasteiger partial charge < -0.3 is 10.5 Å². The monoisotopic (exact) mass is 181 g/mol. The van der Waals surface area contributed by atoms with Crippen molar-refractivity contribution in [1.29, 1.82) is 0 Å². The summed E-state index contributed by atoms with van der Waals surface area (Å²) >= 11 is 0. The maximum absolute atomic E-state index is 5.59. The highest BCUT2D eigenvalue weighted by molar-refractivity contribution is 5.10. The molecule has 1 heterocycles. The molecule has 0 aliphatic heterocycles. The zero-order chi connectivity index (χ0) is 9.90. The second kappa shape index (κ2) is 3.81. The Labute approximate surface area is 78.1 Å². The van der Waals surface area contributed by atoms with Gasteiger partial charge in [0.15, 0.2) is 0 Å². The van der Waals surface area contributed by atoms with Crippen molar-refractivity contribution in [2.75, 3.05) is 13.7 Å². The molecule has 72 valence electrons. The second-order valence-corrected chi connectivity index (χ2v) is 3.18. The third kappa shape index (κ3) is 2.02. The van der Waals surface area contributed by atoms with Gasteiger partial charge in [0, 0.05) is 19.9 Å². The zero-order valence-electron chi connectivity index (χ0n) is 8.24. The molecule has 0 spiro atoms. The van der Waals surface area contributed by atoms with E-state index >= 15 is 0 Å². The van der Waals surface area contributed by atoms with E-state index < -0.39 is 5.60 Å². The summed E-state index contributed by atoms with van der Waals surface area (Å²) in [7, 11) is 1.62. The number of hydrogen-bond acceptors (Lipinski definition) is 4. The third-order valence-corrected chi connectivity index (χ3v) is 2.16. The molecule has 0 amide bonds. The molecule has 2 N–H and O–H groups in total. The Bertz CT molecular complexity index is 267. The van der Waals surface area contributed by atoms with E-state index in [0.717, 1.165) is 11.4 Å². The Morgan fingerprint density at radius 1 is 1.46 bits per heavy atom. The van der Waals surface area contributed by atoms with Crippen molar-refractivity contribution < 1.29 is 4.74 Å². The molecule has 0 aliphatic rings. The zero-order valence-corrected chi connectivity index (χ0v) is 8.24. The van der Waals surface area contributed by atoms with Gasteiger partial charge in [-0.2, -0.15) is 0 Å². The van der Waals surface area contributed by atoms with E-state index in [1.807, 2.05) is 13.8 Å². The standard InChI is InChI=1S/C9H15N3O/c1-7-4-12-8(5-11-7)9(2,6-10)13-3/h4-5H,6,10H2,1-3H3. The van der Waals surface area contributed by atoms with Crippen molar-refractivity contribution in [3.8, 4) is 0 Å². The molecule has 1 atom stereocenters. The lowest BCUT2D eigenvalue weighted by Crippen LogP contribution is -2.34. The largest absolute Gasteiger partial charge is 0.371 e. The summed E-state index contributed by atoms with van der Waals surface area (Å²) in [6.07, 6.45) is 3.41. The number of nitrogens with zero attached hydrogens (tertiary/aromatic N) is 2. The Kier molecular flexibility index (Phi) is 2.95. The maximum Gasteiger partial charge on any atom is 0.120 e. The predicted molar refractivity (Wildman–Crippen MR) is 50.2 cm³/mol. The first-order valence-corrected chi connectivity index (χ1v) is 4.17. The highest BCUT2D eigenvalue weighted by Gasteiger charge is 2.25. The van der Waals surface area contributed by atoms with Crippen LogP contribution in [0.25, 0.3) is 0 Å². The van der Waals surface area contributed by atoms with Gasteiger partial charge in [0.05, 0.1) is 17.6 Å². The van der Waals surface area contributed by atoms with Gasteiger partial charge in [-0.1, -0.05) is 0 Å². The van der Waals surface area contributed by atoms with E-state index in [0.29, 0.717) is 6.54 Å². The minimum Gasteiger partial charge on any atom is -0.371 e. The van der Waals surface area contributed by atoms with Gasteiger partial charge in [-0.15, -0.1) is 0 Å². The van der Waals surface area contributed by atoms with Gasteiger partial charge in [0.25, 0.3) is 0 Å². The van der Waals surface area contributed by atoms with E-state index in [1.54, 1.807) is 19.5 Å². The predicted octanol–water partition coefficient (Wildman–Crippen LogP) is 0.605. The lowest BCUT2D eigenvalue weighted by atomic mass is 10.0. The summed E-state index contributed by atoms with van der Waals surface area (Å²) in [6.45, 7) is 4.18. The average Bonchev–Trinajstić information content (AvgIpc) is 2.18. The minimum atomic E-state index is -0.527. The van der Waals surface area contributed by atoms with Crippen molar-refractivity contribution in [3.63, 3.8) is 0 Å². The SMILES string of the molecule is COC(C)(CN)c1cnc(C)cn1. The Hall–Kier alpha value is -1.00. The highest BCUT2D eigenvalue weighted by Crippen LogP contribution is 2.19. The van der Waals surface area contributed by atoms with E-state index in [1.165, 1.54) is 0 Å². The molecule has 1 rings (SSSR count).